The fraction of sp³-hybridized carbons (Fsp3) is 0.818. The van der Waals surface area contributed by atoms with Crippen LogP contribution in [-0.2, 0) is 15.4 Å². The van der Waals surface area contributed by atoms with Crippen molar-refractivity contribution in [2.45, 2.75) is 174 Å². The molecule has 1 rings (SSSR count). The number of hydrogen-bond donors (Lipinski definition) is 3. The van der Waals surface area contributed by atoms with E-state index in [1.54, 1.807) is 0 Å². The molecule has 0 aliphatic carbocycles. The van der Waals surface area contributed by atoms with Crippen molar-refractivity contribution in [2.75, 3.05) is 0 Å². The van der Waals surface area contributed by atoms with E-state index in [-0.39, 0.29) is 16.6 Å². The highest BCUT2D eigenvalue weighted by Crippen LogP contribution is 2.56. The van der Waals surface area contributed by atoms with Gasteiger partial charge in [0.1, 0.15) is 5.75 Å². The lowest BCUT2D eigenvalue weighted by Crippen LogP contribution is -2.18. The minimum atomic E-state index is -4.33. The van der Waals surface area contributed by atoms with Crippen molar-refractivity contribution in [3.63, 3.8) is 0 Å². The van der Waals surface area contributed by atoms with Crippen LogP contribution in [0.15, 0.2) is 12.1 Å². The van der Waals surface area contributed by atoms with E-state index in [0.717, 1.165) is 30.4 Å². The summed E-state index contributed by atoms with van der Waals surface area (Å²) in [5, 5.41) is 11.0. The topological polar surface area (TPSA) is 77.8 Å². The molecule has 0 bridgehead atoms. The average Bonchev–Trinajstić information content (AvgIpc) is 2.79. The molecule has 0 saturated carbocycles. The van der Waals surface area contributed by atoms with Crippen molar-refractivity contribution in [3.8, 4) is 5.75 Å². The molecule has 1 aromatic rings. The first-order valence-corrected chi connectivity index (χ1v) is 17.3. The Bertz CT molecular complexity index is 793. The molecule has 0 aromatic heterocycles. The van der Waals surface area contributed by atoms with Crippen molar-refractivity contribution in [2.24, 2.45) is 0 Å². The summed E-state index contributed by atoms with van der Waals surface area (Å²) in [5.74, 6) is 0.251. The molecule has 0 heterocycles. The van der Waals surface area contributed by atoms with Crippen LogP contribution in [0.4, 0.5) is 0 Å². The maximum atomic E-state index is 12.6. The van der Waals surface area contributed by atoms with Gasteiger partial charge in [-0.15, -0.1) is 0 Å². The lowest BCUT2D eigenvalue weighted by Gasteiger charge is -2.30. The average molecular weight is 553 g/mol. The molecular formula is C33H61O4P. The van der Waals surface area contributed by atoms with Gasteiger partial charge in [0.2, 0.25) is 0 Å². The van der Waals surface area contributed by atoms with Crippen molar-refractivity contribution in [1.29, 1.82) is 0 Å². The van der Waals surface area contributed by atoms with Crippen LogP contribution in [-0.4, -0.2) is 14.9 Å². The van der Waals surface area contributed by atoms with E-state index in [1.165, 1.54) is 83.5 Å². The highest BCUT2D eigenvalue weighted by atomic mass is 31.2. The molecule has 1 aromatic carbocycles. The minimum absolute atomic E-state index is 0.251. The van der Waals surface area contributed by atoms with Crippen LogP contribution in [0.3, 0.4) is 0 Å². The second kappa shape index (κ2) is 17.1. The van der Waals surface area contributed by atoms with Crippen molar-refractivity contribution < 1.29 is 19.5 Å². The first kappa shape index (κ1) is 35.2. The predicted octanol–water partition coefficient (Wildman–Crippen LogP) is 10.9. The smallest absolute Gasteiger partial charge is 0.332 e. The van der Waals surface area contributed by atoms with E-state index in [4.69, 9.17) is 0 Å². The van der Waals surface area contributed by atoms with Gasteiger partial charge in [-0.05, 0) is 33.9 Å². The van der Waals surface area contributed by atoms with Crippen LogP contribution in [0.25, 0.3) is 0 Å². The molecule has 0 radical (unpaired) electrons. The summed E-state index contributed by atoms with van der Waals surface area (Å²) in [5.41, 5.74) is 0.696. The Balaban J connectivity index is 2.48. The number of phenolic OH excluding ortho intramolecular Hbond substituents is 1. The van der Waals surface area contributed by atoms with Crippen LogP contribution < -0.4 is 0 Å². The predicted molar refractivity (Wildman–Crippen MR) is 164 cm³/mol. The van der Waals surface area contributed by atoms with Gasteiger partial charge in [-0.25, -0.2) is 0 Å². The third-order valence-corrected chi connectivity index (χ3v) is 9.24. The fourth-order valence-electron chi connectivity index (χ4n) is 5.41. The Hall–Kier alpha value is -0.830. The van der Waals surface area contributed by atoms with Crippen LogP contribution in [0.1, 0.15) is 180 Å². The second-order valence-electron chi connectivity index (χ2n) is 13.7. The summed E-state index contributed by atoms with van der Waals surface area (Å²) in [4.78, 5) is 20.5. The Morgan fingerprint density at radius 1 is 0.632 bits per heavy atom. The molecule has 1 unspecified atom stereocenters. The molecule has 3 N–H and O–H groups in total. The molecule has 0 fully saturated rings. The summed E-state index contributed by atoms with van der Waals surface area (Å²) >= 11 is 0. The normalized spacial score (nSPS) is 13.7. The van der Waals surface area contributed by atoms with Crippen molar-refractivity contribution >= 4 is 7.60 Å². The standard InChI is InChI=1S/C33H61O4P/c1-8-9-10-11-12-13-14-15-16-17-18-19-20-21-22-23-24-30(38(35,36)37)27-25-28(32(2,3)4)31(34)29(26-27)33(5,6)7/h25-26,30,34H,8-24H2,1-7H3,(H2,35,36,37). The van der Waals surface area contributed by atoms with E-state index in [2.05, 4.69) is 6.92 Å². The van der Waals surface area contributed by atoms with E-state index in [0.29, 0.717) is 12.0 Å². The lowest BCUT2D eigenvalue weighted by atomic mass is 9.78. The number of benzene rings is 1. The Kier molecular flexibility index (Phi) is 15.8. The highest BCUT2D eigenvalue weighted by Gasteiger charge is 2.34. The van der Waals surface area contributed by atoms with Gasteiger partial charge >= 0.3 is 7.60 Å². The summed E-state index contributed by atoms with van der Waals surface area (Å²) in [6.45, 7) is 14.4. The molecule has 222 valence electrons. The van der Waals surface area contributed by atoms with Crippen LogP contribution in [0.5, 0.6) is 5.75 Å². The number of phenols is 1. The van der Waals surface area contributed by atoms with E-state index >= 15 is 0 Å². The largest absolute Gasteiger partial charge is 0.507 e. The first-order valence-electron chi connectivity index (χ1n) is 15.6. The van der Waals surface area contributed by atoms with Gasteiger partial charge in [-0.1, -0.05) is 163 Å². The minimum Gasteiger partial charge on any atom is -0.507 e. The third kappa shape index (κ3) is 13.5. The van der Waals surface area contributed by atoms with E-state index in [1.807, 2.05) is 53.7 Å². The Labute approximate surface area is 235 Å². The van der Waals surface area contributed by atoms with Gasteiger partial charge in [0.15, 0.2) is 0 Å². The van der Waals surface area contributed by atoms with Gasteiger partial charge in [-0.2, -0.15) is 0 Å². The number of aromatic hydroxyl groups is 1. The van der Waals surface area contributed by atoms with Gasteiger partial charge in [0.05, 0.1) is 5.66 Å². The highest BCUT2D eigenvalue weighted by molar-refractivity contribution is 7.52. The van der Waals surface area contributed by atoms with Crippen molar-refractivity contribution in [3.05, 3.63) is 28.8 Å². The maximum absolute atomic E-state index is 12.6. The third-order valence-electron chi connectivity index (χ3n) is 7.87. The molecule has 0 spiro atoms. The molecule has 0 aliphatic rings. The van der Waals surface area contributed by atoms with Gasteiger partial charge in [0.25, 0.3) is 0 Å². The van der Waals surface area contributed by atoms with Gasteiger partial charge < -0.3 is 14.9 Å². The summed E-state index contributed by atoms with van der Waals surface area (Å²) in [6, 6.07) is 3.67. The molecule has 0 aliphatic heterocycles. The zero-order chi connectivity index (χ0) is 28.8. The molecule has 5 heteroatoms. The number of rotatable bonds is 19. The number of unbranched alkanes of at least 4 members (excludes halogenated alkanes) is 15. The zero-order valence-corrected chi connectivity index (χ0v) is 26.8. The molecule has 4 nitrogen and oxygen atoms in total. The Morgan fingerprint density at radius 2 is 0.947 bits per heavy atom. The summed E-state index contributed by atoms with van der Waals surface area (Å²) < 4.78 is 12.6. The molecule has 0 saturated heterocycles. The zero-order valence-electron chi connectivity index (χ0n) is 25.9. The summed E-state index contributed by atoms with van der Waals surface area (Å²) in [7, 11) is -4.33. The second-order valence-corrected chi connectivity index (χ2v) is 15.5. The monoisotopic (exact) mass is 552 g/mol. The number of hydrogen-bond acceptors (Lipinski definition) is 2. The SMILES string of the molecule is CCCCCCCCCCCCCCCCCCC(c1cc(C(C)(C)C)c(O)c(C(C)(C)C)c1)P(=O)(O)O. The fourth-order valence-corrected chi connectivity index (χ4v) is 6.46. The summed E-state index contributed by atoms with van der Waals surface area (Å²) in [6.07, 6.45) is 21.0. The lowest BCUT2D eigenvalue weighted by molar-refractivity contribution is 0.352. The molecule has 38 heavy (non-hydrogen) atoms. The molecular weight excluding hydrogens is 491 g/mol. The van der Waals surface area contributed by atoms with Crippen LogP contribution >= 0.6 is 7.60 Å². The van der Waals surface area contributed by atoms with Crippen LogP contribution in [0.2, 0.25) is 0 Å². The van der Waals surface area contributed by atoms with E-state index < -0.39 is 13.3 Å². The van der Waals surface area contributed by atoms with Gasteiger partial charge in [-0.3, -0.25) is 4.57 Å². The van der Waals surface area contributed by atoms with Crippen molar-refractivity contribution in [1.82, 2.24) is 0 Å². The molecule has 0 amide bonds. The van der Waals surface area contributed by atoms with Gasteiger partial charge in [0, 0.05) is 0 Å². The Morgan fingerprint density at radius 3 is 1.24 bits per heavy atom. The first-order chi connectivity index (χ1) is 17.7. The molecule has 1 atom stereocenters. The maximum Gasteiger partial charge on any atom is 0.332 e. The van der Waals surface area contributed by atoms with E-state index in [9.17, 15) is 19.5 Å². The van der Waals surface area contributed by atoms with Crippen LogP contribution in [0, 0.1) is 0 Å². The quantitative estimate of drug-likeness (QED) is 0.118.